The highest BCUT2D eigenvalue weighted by Gasteiger charge is 2.14. The van der Waals surface area contributed by atoms with Crippen molar-refractivity contribution in [3.63, 3.8) is 0 Å². The minimum atomic E-state index is 0.0738. The average molecular weight is 273 g/mol. The van der Waals surface area contributed by atoms with Crippen LogP contribution in [0.3, 0.4) is 0 Å². The van der Waals surface area contributed by atoms with E-state index in [9.17, 15) is 0 Å². The van der Waals surface area contributed by atoms with Gasteiger partial charge in [-0.25, -0.2) is 0 Å². The summed E-state index contributed by atoms with van der Waals surface area (Å²) in [7, 11) is 5.17. The summed E-state index contributed by atoms with van der Waals surface area (Å²) in [5.41, 5.74) is 2.01. The Morgan fingerprint density at radius 3 is 2.45 bits per heavy atom. The molecule has 1 N–H and O–H groups in total. The van der Waals surface area contributed by atoms with Crippen LogP contribution in [0, 0.1) is 0 Å². The summed E-state index contributed by atoms with van der Waals surface area (Å²) in [6.45, 7) is 0. The van der Waals surface area contributed by atoms with Crippen molar-refractivity contribution in [2.75, 3.05) is 21.3 Å². The lowest BCUT2D eigenvalue weighted by Crippen LogP contribution is -2.20. The van der Waals surface area contributed by atoms with E-state index < -0.39 is 0 Å². The molecule has 0 amide bonds. The van der Waals surface area contributed by atoms with E-state index >= 15 is 0 Å². The highest BCUT2D eigenvalue weighted by Crippen LogP contribution is 2.24. The van der Waals surface area contributed by atoms with Crippen molar-refractivity contribution in [1.82, 2.24) is 15.5 Å². The third kappa shape index (κ3) is 3.24. The first kappa shape index (κ1) is 14.3. The SMILES string of the molecule is CNC(Cc1ccccc1OC)c1ccc(OC)nn1. The second-order valence-corrected chi connectivity index (χ2v) is 4.36. The Kier molecular flexibility index (Phi) is 4.90. The van der Waals surface area contributed by atoms with E-state index in [-0.39, 0.29) is 6.04 Å². The number of rotatable bonds is 6. The maximum absolute atomic E-state index is 5.38. The zero-order chi connectivity index (χ0) is 14.4. The van der Waals surface area contributed by atoms with E-state index in [2.05, 4.69) is 21.6 Å². The number of nitrogens with one attached hydrogen (secondary N) is 1. The summed E-state index contributed by atoms with van der Waals surface area (Å²) < 4.78 is 10.4. The summed E-state index contributed by atoms with van der Waals surface area (Å²) >= 11 is 0. The van der Waals surface area contributed by atoms with Crippen LogP contribution in [0.5, 0.6) is 11.6 Å². The van der Waals surface area contributed by atoms with Crippen LogP contribution in [0.1, 0.15) is 17.3 Å². The molecule has 1 aromatic carbocycles. The summed E-state index contributed by atoms with van der Waals surface area (Å²) in [5, 5.41) is 11.5. The predicted molar refractivity (Wildman–Crippen MR) is 77.1 cm³/mol. The first-order chi connectivity index (χ1) is 9.78. The molecule has 0 saturated heterocycles. The van der Waals surface area contributed by atoms with Gasteiger partial charge < -0.3 is 14.8 Å². The maximum Gasteiger partial charge on any atom is 0.233 e. The van der Waals surface area contributed by atoms with Gasteiger partial charge in [0.2, 0.25) is 5.88 Å². The molecule has 1 heterocycles. The Labute approximate surface area is 118 Å². The molecule has 0 bridgehead atoms. The van der Waals surface area contributed by atoms with Crippen molar-refractivity contribution in [2.45, 2.75) is 12.5 Å². The third-order valence-electron chi connectivity index (χ3n) is 3.19. The van der Waals surface area contributed by atoms with Gasteiger partial charge in [-0.3, -0.25) is 0 Å². The minimum Gasteiger partial charge on any atom is -0.496 e. The van der Waals surface area contributed by atoms with Crippen LogP contribution >= 0.6 is 0 Å². The smallest absolute Gasteiger partial charge is 0.233 e. The van der Waals surface area contributed by atoms with Crippen molar-refractivity contribution in [2.24, 2.45) is 0 Å². The Balaban J connectivity index is 2.19. The number of ether oxygens (including phenoxy) is 2. The summed E-state index contributed by atoms with van der Waals surface area (Å²) in [6, 6.07) is 11.8. The molecule has 0 fully saturated rings. The molecule has 1 aromatic heterocycles. The maximum atomic E-state index is 5.38. The lowest BCUT2D eigenvalue weighted by molar-refractivity contribution is 0.388. The number of nitrogens with zero attached hydrogens (tertiary/aromatic N) is 2. The number of likely N-dealkylation sites (N-methyl/N-ethyl adjacent to an activating group) is 1. The van der Waals surface area contributed by atoms with E-state index in [0.717, 1.165) is 23.4 Å². The van der Waals surface area contributed by atoms with Gasteiger partial charge >= 0.3 is 0 Å². The van der Waals surface area contributed by atoms with Crippen molar-refractivity contribution < 1.29 is 9.47 Å². The second kappa shape index (κ2) is 6.86. The predicted octanol–water partition coefficient (Wildman–Crippen LogP) is 2.00. The number of benzene rings is 1. The van der Waals surface area contributed by atoms with Gasteiger partial charge in [0.1, 0.15) is 5.75 Å². The largest absolute Gasteiger partial charge is 0.496 e. The molecule has 0 aliphatic carbocycles. The van der Waals surface area contributed by atoms with E-state index in [1.807, 2.05) is 37.4 Å². The topological polar surface area (TPSA) is 56.3 Å². The van der Waals surface area contributed by atoms with Crippen molar-refractivity contribution in [3.8, 4) is 11.6 Å². The number of methoxy groups -OCH3 is 2. The zero-order valence-electron chi connectivity index (χ0n) is 12.0. The van der Waals surface area contributed by atoms with Crippen LogP contribution in [0.4, 0.5) is 0 Å². The van der Waals surface area contributed by atoms with Gasteiger partial charge in [0.05, 0.1) is 26.0 Å². The van der Waals surface area contributed by atoms with Gasteiger partial charge in [-0.05, 0) is 31.2 Å². The van der Waals surface area contributed by atoms with Crippen molar-refractivity contribution in [3.05, 3.63) is 47.7 Å². The number of hydrogen-bond acceptors (Lipinski definition) is 5. The Hall–Kier alpha value is -2.14. The summed E-state index contributed by atoms with van der Waals surface area (Å²) in [5.74, 6) is 1.40. The quantitative estimate of drug-likeness (QED) is 0.872. The lowest BCUT2D eigenvalue weighted by Gasteiger charge is -2.17. The molecule has 0 radical (unpaired) electrons. The molecule has 2 rings (SSSR count). The fourth-order valence-corrected chi connectivity index (χ4v) is 2.07. The second-order valence-electron chi connectivity index (χ2n) is 4.36. The molecule has 5 nitrogen and oxygen atoms in total. The molecule has 0 saturated carbocycles. The molecular weight excluding hydrogens is 254 g/mol. The monoisotopic (exact) mass is 273 g/mol. The Morgan fingerprint density at radius 1 is 1.05 bits per heavy atom. The summed E-state index contributed by atoms with van der Waals surface area (Å²) in [6.07, 6.45) is 0.779. The first-order valence-corrected chi connectivity index (χ1v) is 6.45. The van der Waals surface area contributed by atoms with E-state index in [1.165, 1.54) is 0 Å². The van der Waals surface area contributed by atoms with Crippen molar-refractivity contribution >= 4 is 0 Å². The molecule has 0 spiro atoms. The zero-order valence-corrected chi connectivity index (χ0v) is 12.0. The standard InChI is InChI=1S/C15H19N3O2/c1-16-13(12-8-9-15(20-3)18-17-12)10-11-6-4-5-7-14(11)19-2/h4-9,13,16H,10H2,1-3H3. The van der Waals surface area contributed by atoms with E-state index in [0.29, 0.717) is 5.88 Å². The Bertz CT molecular complexity index is 543. The molecular formula is C15H19N3O2. The van der Waals surface area contributed by atoms with Gasteiger partial charge in [-0.2, -0.15) is 5.10 Å². The van der Waals surface area contributed by atoms with E-state index in [1.54, 1.807) is 14.2 Å². The average Bonchev–Trinajstić information content (AvgIpc) is 2.53. The fourth-order valence-electron chi connectivity index (χ4n) is 2.07. The van der Waals surface area contributed by atoms with Crippen LogP contribution in [0.25, 0.3) is 0 Å². The highest BCUT2D eigenvalue weighted by molar-refractivity contribution is 5.34. The van der Waals surface area contributed by atoms with Gasteiger partial charge in [-0.1, -0.05) is 18.2 Å². The normalized spacial score (nSPS) is 11.9. The molecule has 5 heteroatoms. The highest BCUT2D eigenvalue weighted by atomic mass is 16.5. The van der Waals surface area contributed by atoms with Gasteiger partial charge in [-0.15, -0.1) is 5.10 Å². The molecule has 1 atom stereocenters. The lowest BCUT2D eigenvalue weighted by atomic mass is 10.0. The number of aromatic nitrogens is 2. The van der Waals surface area contributed by atoms with Crippen molar-refractivity contribution in [1.29, 1.82) is 0 Å². The van der Waals surface area contributed by atoms with Crippen LogP contribution in [0.15, 0.2) is 36.4 Å². The molecule has 1 unspecified atom stereocenters. The molecule has 106 valence electrons. The number of hydrogen-bond donors (Lipinski definition) is 1. The van der Waals surface area contributed by atoms with Crippen LogP contribution in [0.2, 0.25) is 0 Å². The molecule has 0 aliphatic rings. The van der Waals surface area contributed by atoms with Crippen LogP contribution < -0.4 is 14.8 Å². The van der Waals surface area contributed by atoms with Crippen LogP contribution in [-0.4, -0.2) is 31.5 Å². The van der Waals surface area contributed by atoms with Gasteiger partial charge in [0, 0.05) is 6.07 Å². The van der Waals surface area contributed by atoms with E-state index in [4.69, 9.17) is 9.47 Å². The number of para-hydroxylation sites is 1. The Morgan fingerprint density at radius 2 is 1.85 bits per heavy atom. The van der Waals surface area contributed by atoms with Gasteiger partial charge in [0.25, 0.3) is 0 Å². The fraction of sp³-hybridized carbons (Fsp3) is 0.333. The molecule has 20 heavy (non-hydrogen) atoms. The van der Waals surface area contributed by atoms with Gasteiger partial charge in [0.15, 0.2) is 0 Å². The minimum absolute atomic E-state index is 0.0738. The molecule has 2 aromatic rings. The third-order valence-corrected chi connectivity index (χ3v) is 3.19. The first-order valence-electron chi connectivity index (χ1n) is 6.45. The van der Waals surface area contributed by atoms with Crippen LogP contribution in [-0.2, 0) is 6.42 Å². The summed E-state index contributed by atoms with van der Waals surface area (Å²) in [4.78, 5) is 0. The molecule has 0 aliphatic heterocycles.